The second-order valence-corrected chi connectivity index (χ2v) is 7.80. The van der Waals surface area contributed by atoms with Gasteiger partial charge in [0.2, 0.25) is 5.96 Å². The van der Waals surface area contributed by atoms with Gasteiger partial charge in [0.05, 0.1) is 17.9 Å². The highest BCUT2D eigenvalue weighted by Gasteiger charge is 2.54. The number of anilines is 2. The zero-order valence-electron chi connectivity index (χ0n) is 17.1. The highest BCUT2D eigenvalue weighted by Crippen LogP contribution is 2.38. The molecule has 2 atom stereocenters. The maximum atomic E-state index is 13.4. The highest BCUT2D eigenvalue weighted by atomic mass is 19.1. The Bertz CT molecular complexity index is 1140. The fraction of sp³-hybridized carbons (Fsp3) is 0.227. The minimum absolute atomic E-state index is 0.0622. The average Bonchev–Trinajstić information content (AvgIpc) is 3.26. The van der Waals surface area contributed by atoms with E-state index in [1.54, 1.807) is 30.1 Å². The molecule has 1 saturated heterocycles. The number of imide groups is 1. The van der Waals surface area contributed by atoms with Gasteiger partial charge in [-0.2, -0.15) is 0 Å². The number of nitrogens with two attached hydrogens (primary N) is 1. The van der Waals surface area contributed by atoms with E-state index in [1.807, 2.05) is 36.2 Å². The van der Waals surface area contributed by atoms with Crippen LogP contribution >= 0.6 is 0 Å². The number of carbonyl (C=O) groups excluding carboxylic acids is 2. The number of hydrogen-bond acceptors (Lipinski definition) is 6. The van der Waals surface area contributed by atoms with Crippen LogP contribution in [-0.2, 0) is 11.3 Å². The minimum atomic E-state index is -0.678. The van der Waals surface area contributed by atoms with Crippen LogP contribution in [0.25, 0.3) is 0 Å². The van der Waals surface area contributed by atoms with E-state index in [0.717, 1.165) is 11.4 Å². The number of likely N-dealkylation sites (N-methyl/N-ethyl adjacent to an activating group) is 1. The molecule has 2 unspecified atom stereocenters. The van der Waals surface area contributed by atoms with Crippen molar-refractivity contribution in [2.45, 2.75) is 25.7 Å². The summed E-state index contributed by atoms with van der Waals surface area (Å²) in [4.78, 5) is 37.4. The first-order valence-corrected chi connectivity index (χ1v) is 9.88. The van der Waals surface area contributed by atoms with Gasteiger partial charge in [0, 0.05) is 18.9 Å². The number of aliphatic imine (C=N–C) groups is 1. The van der Waals surface area contributed by atoms with E-state index in [4.69, 9.17) is 10.7 Å². The summed E-state index contributed by atoms with van der Waals surface area (Å²) in [5.74, 6) is -0.158. The summed E-state index contributed by atoms with van der Waals surface area (Å²) in [5.41, 5.74) is 9.07. The summed E-state index contributed by atoms with van der Waals surface area (Å²) in [6.45, 7) is 1.98. The molecule has 5 rings (SSSR count). The van der Waals surface area contributed by atoms with Crippen LogP contribution in [0.5, 0.6) is 0 Å². The van der Waals surface area contributed by atoms with Gasteiger partial charge in [-0.3, -0.25) is 14.6 Å². The predicted octanol–water partition coefficient (Wildman–Crippen LogP) is 2.55. The van der Waals surface area contributed by atoms with Crippen molar-refractivity contribution >= 4 is 29.3 Å². The molecule has 0 aliphatic carbocycles. The molecule has 2 aromatic rings. The molecule has 2 aromatic carbocycles. The van der Waals surface area contributed by atoms with Crippen molar-refractivity contribution in [3.8, 4) is 0 Å². The van der Waals surface area contributed by atoms with E-state index in [2.05, 4.69) is 0 Å². The SMILES string of the molecule is CC1=CN2C(=NC3C2C(=O)N(Cc2ccc(F)cc2)C(=O)N3C)N1c1ccccc1N. The zero-order valence-corrected chi connectivity index (χ0v) is 17.1. The molecule has 2 N–H and O–H groups in total. The third-order valence-electron chi connectivity index (χ3n) is 5.82. The second-order valence-electron chi connectivity index (χ2n) is 7.80. The van der Waals surface area contributed by atoms with Crippen molar-refractivity contribution in [2.24, 2.45) is 4.99 Å². The number of fused-ring (bicyclic) bond motifs is 3. The normalized spacial score (nSPS) is 22.5. The molecular formula is C22H21FN6O2. The molecule has 31 heavy (non-hydrogen) atoms. The number of halogens is 1. The number of hydrogen-bond donors (Lipinski definition) is 1. The van der Waals surface area contributed by atoms with Gasteiger partial charge < -0.3 is 15.5 Å². The molecule has 1 fully saturated rings. The fourth-order valence-electron chi connectivity index (χ4n) is 4.26. The first-order valence-electron chi connectivity index (χ1n) is 9.88. The lowest BCUT2D eigenvalue weighted by Gasteiger charge is -2.40. The molecule has 3 aliphatic heterocycles. The van der Waals surface area contributed by atoms with Crippen LogP contribution in [0.1, 0.15) is 12.5 Å². The molecule has 0 saturated carbocycles. The Morgan fingerprint density at radius 1 is 1.10 bits per heavy atom. The van der Waals surface area contributed by atoms with Crippen LogP contribution in [0.3, 0.4) is 0 Å². The summed E-state index contributed by atoms with van der Waals surface area (Å²) in [7, 11) is 1.63. The summed E-state index contributed by atoms with van der Waals surface area (Å²) in [6, 6.07) is 12.1. The van der Waals surface area contributed by atoms with E-state index >= 15 is 0 Å². The first kappa shape index (κ1) is 19.1. The molecule has 3 amide bonds. The van der Waals surface area contributed by atoms with Gasteiger partial charge in [-0.05, 0) is 36.8 Å². The molecule has 0 bridgehead atoms. The van der Waals surface area contributed by atoms with Crippen LogP contribution in [0.4, 0.5) is 20.6 Å². The number of para-hydroxylation sites is 2. The van der Waals surface area contributed by atoms with Crippen molar-refractivity contribution in [3.05, 3.63) is 71.8 Å². The molecule has 0 radical (unpaired) electrons. The zero-order chi connectivity index (χ0) is 21.9. The van der Waals surface area contributed by atoms with Gasteiger partial charge in [0.25, 0.3) is 5.91 Å². The molecule has 0 aromatic heterocycles. The third-order valence-corrected chi connectivity index (χ3v) is 5.82. The van der Waals surface area contributed by atoms with E-state index in [-0.39, 0.29) is 18.3 Å². The number of nitrogen functional groups attached to an aromatic ring is 1. The van der Waals surface area contributed by atoms with Gasteiger partial charge in [-0.25, -0.2) is 14.2 Å². The number of benzene rings is 2. The second kappa shape index (κ2) is 6.83. The lowest BCUT2D eigenvalue weighted by Crippen LogP contribution is -2.63. The highest BCUT2D eigenvalue weighted by molar-refractivity contribution is 6.10. The van der Waals surface area contributed by atoms with Crippen LogP contribution in [-0.4, -0.2) is 51.9 Å². The molecule has 3 heterocycles. The smallest absolute Gasteiger partial charge is 0.328 e. The average molecular weight is 420 g/mol. The molecule has 8 nitrogen and oxygen atoms in total. The van der Waals surface area contributed by atoms with Gasteiger partial charge >= 0.3 is 6.03 Å². The van der Waals surface area contributed by atoms with Crippen molar-refractivity contribution in [1.29, 1.82) is 0 Å². The number of allylic oxidation sites excluding steroid dienone is 1. The van der Waals surface area contributed by atoms with Crippen molar-refractivity contribution in [3.63, 3.8) is 0 Å². The maximum Gasteiger partial charge on any atom is 0.328 e. The molecule has 0 spiro atoms. The number of carbonyl (C=O) groups is 2. The molecule has 3 aliphatic rings. The molecule has 9 heteroatoms. The first-order chi connectivity index (χ1) is 14.9. The number of urea groups is 1. The van der Waals surface area contributed by atoms with Gasteiger partial charge in [0.1, 0.15) is 5.82 Å². The Hall–Kier alpha value is -3.88. The van der Waals surface area contributed by atoms with Crippen molar-refractivity contribution in [1.82, 2.24) is 14.7 Å². The van der Waals surface area contributed by atoms with Gasteiger partial charge in [-0.15, -0.1) is 0 Å². The Labute approximate surface area is 178 Å². The Morgan fingerprint density at radius 3 is 2.52 bits per heavy atom. The minimum Gasteiger partial charge on any atom is -0.397 e. The lowest BCUT2D eigenvalue weighted by molar-refractivity contribution is -0.137. The molecular weight excluding hydrogens is 399 g/mol. The summed E-state index contributed by atoms with van der Waals surface area (Å²) in [5, 5.41) is 0. The van der Waals surface area contributed by atoms with Gasteiger partial charge in [0.15, 0.2) is 12.2 Å². The summed E-state index contributed by atoms with van der Waals surface area (Å²) < 4.78 is 13.2. The van der Waals surface area contributed by atoms with Crippen molar-refractivity contribution in [2.75, 3.05) is 17.7 Å². The summed E-state index contributed by atoms with van der Waals surface area (Å²) in [6.07, 6.45) is 1.21. The monoisotopic (exact) mass is 420 g/mol. The topological polar surface area (TPSA) is 85.5 Å². The third kappa shape index (κ3) is 2.84. The number of rotatable bonds is 3. The predicted molar refractivity (Wildman–Crippen MR) is 114 cm³/mol. The summed E-state index contributed by atoms with van der Waals surface area (Å²) >= 11 is 0. The number of amides is 3. The van der Waals surface area contributed by atoms with E-state index in [0.29, 0.717) is 17.2 Å². The number of guanidine groups is 1. The largest absolute Gasteiger partial charge is 0.397 e. The van der Waals surface area contributed by atoms with Crippen LogP contribution in [0.2, 0.25) is 0 Å². The van der Waals surface area contributed by atoms with Crippen LogP contribution in [0, 0.1) is 5.82 Å². The Morgan fingerprint density at radius 2 is 1.81 bits per heavy atom. The Kier molecular flexibility index (Phi) is 4.21. The Balaban J connectivity index is 1.48. The molecule has 158 valence electrons. The van der Waals surface area contributed by atoms with Gasteiger partial charge in [-0.1, -0.05) is 24.3 Å². The van der Waals surface area contributed by atoms with E-state index in [9.17, 15) is 14.0 Å². The fourth-order valence-corrected chi connectivity index (χ4v) is 4.26. The number of nitrogens with zero attached hydrogens (tertiary/aromatic N) is 5. The van der Waals surface area contributed by atoms with E-state index in [1.165, 1.54) is 21.9 Å². The van der Waals surface area contributed by atoms with E-state index < -0.39 is 18.2 Å². The van der Waals surface area contributed by atoms with Crippen LogP contribution < -0.4 is 10.6 Å². The van der Waals surface area contributed by atoms with Crippen LogP contribution in [0.15, 0.2) is 65.4 Å². The quantitative estimate of drug-likeness (QED) is 0.772. The van der Waals surface area contributed by atoms with Crippen molar-refractivity contribution < 1.29 is 14.0 Å². The standard InChI is InChI=1S/C22H21FN6O2/c1-13-11-27-18-19(25-21(27)29(13)17-6-4-3-5-16(17)24)26(2)22(31)28(20(18)30)12-14-7-9-15(23)10-8-14/h3-11,18-19H,12,24H2,1-2H3. The lowest BCUT2D eigenvalue weighted by atomic mass is 10.1. The maximum absolute atomic E-state index is 13.4.